The van der Waals surface area contributed by atoms with Gasteiger partial charge in [-0.3, -0.25) is 0 Å². The van der Waals surface area contributed by atoms with Gasteiger partial charge in [-0.2, -0.15) is 0 Å². The summed E-state index contributed by atoms with van der Waals surface area (Å²) in [5.74, 6) is 0. The summed E-state index contributed by atoms with van der Waals surface area (Å²) in [4.78, 5) is 7.84. The Kier molecular flexibility index (Phi) is 10.1. The first-order valence-corrected chi connectivity index (χ1v) is 27.7. The van der Waals surface area contributed by atoms with E-state index in [2.05, 4.69) is 255 Å². The van der Waals surface area contributed by atoms with Gasteiger partial charge in [-0.05, 0) is 182 Å². The van der Waals surface area contributed by atoms with Crippen molar-refractivity contribution in [2.24, 2.45) is 0 Å². The number of anilines is 9. The van der Waals surface area contributed by atoms with Crippen molar-refractivity contribution < 1.29 is 0 Å². The predicted octanol–water partition coefficient (Wildman–Crippen LogP) is 17.6. The maximum absolute atomic E-state index is 2.72. The fourth-order valence-electron chi connectivity index (χ4n) is 13.4. The van der Waals surface area contributed by atoms with Gasteiger partial charge in [0.05, 0.1) is 5.69 Å². The monoisotopic (exact) mass is 970 g/mol. The van der Waals surface area contributed by atoms with Crippen LogP contribution in [-0.4, -0.2) is 6.71 Å². The van der Waals surface area contributed by atoms with Gasteiger partial charge in [0.1, 0.15) is 0 Å². The fourth-order valence-corrected chi connectivity index (χ4v) is 14.5. The summed E-state index contributed by atoms with van der Waals surface area (Å²) in [6, 6.07) is 63.3. The summed E-state index contributed by atoms with van der Waals surface area (Å²) < 4.78 is 2.62. The lowest BCUT2D eigenvalue weighted by atomic mass is 9.33. The van der Waals surface area contributed by atoms with Gasteiger partial charge in [0.15, 0.2) is 0 Å². The lowest BCUT2D eigenvalue weighted by Gasteiger charge is -2.48. The second-order valence-electron chi connectivity index (χ2n) is 25.5. The Bertz CT molecular complexity index is 3660. The average Bonchev–Trinajstić information content (AvgIpc) is 3.76. The summed E-state index contributed by atoms with van der Waals surface area (Å²) >= 11 is 1.90. The van der Waals surface area contributed by atoms with Crippen molar-refractivity contribution in [3.05, 3.63) is 192 Å². The van der Waals surface area contributed by atoms with Crippen LogP contribution in [0, 0.1) is 0 Å². The van der Waals surface area contributed by atoms with E-state index in [9.17, 15) is 0 Å². The SMILES string of the molecule is CC(C)(C)c1cc2c3c(c1)N(c1cccc4sc5ccccc5c14)c1cc(N(c4ccccc4)c4ccccc4)ccc1B3c1cc3c(cc1N2c1ccc2c(c1)C(C)(C)CCC2(C)C)C(C)(C)CCC3(C)C. The van der Waals surface area contributed by atoms with Crippen molar-refractivity contribution in [3.8, 4) is 0 Å². The normalized spacial score (nSPS) is 17.7. The topological polar surface area (TPSA) is 9.72 Å². The van der Waals surface area contributed by atoms with Gasteiger partial charge in [-0.1, -0.05) is 155 Å². The smallest absolute Gasteiger partial charge is 0.252 e. The molecule has 2 aliphatic carbocycles. The largest absolute Gasteiger partial charge is 0.311 e. The molecule has 13 rings (SSSR count). The highest BCUT2D eigenvalue weighted by atomic mass is 32.1. The molecule has 2 aliphatic heterocycles. The van der Waals surface area contributed by atoms with Gasteiger partial charge < -0.3 is 14.7 Å². The minimum Gasteiger partial charge on any atom is -0.311 e. The Hall–Kier alpha value is -6.56. The van der Waals surface area contributed by atoms with Crippen LogP contribution >= 0.6 is 11.3 Å². The predicted molar refractivity (Wildman–Crippen MR) is 317 cm³/mol. The van der Waals surface area contributed by atoms with E-state index in [4.69, 9.17) is 0 Å². The number of thiophene rings is 1. The van der Waals surface area contributed by atoms with Crippen molar-refractivity contribution in [3.63, 3.8) is 0 Å². The Labute approximate surface area is 438 Å². The van der Waals surface area contributed by atoms with Gasteiger partial charge >= 0.3 is 0 Å². The number of fused-ring (bicyclic) bond motifs is 9. The molecule has 0 spiro atoms. The fraction of sp³-hybridized carbons (Fsp3) is 0.294. The molecule has 0 radical (unpaired) electrons. The molecule has 0 unspecified atom stereocenters. The summed E-state index contributed by atoms with van der Waals surface area (Å²) in [5.41, 5.74) is 22.4. The lowest BCUT2D eigenvalue weighted by molar-refractivity contribution is 0.332. The van der Waals surface area contributed by atoms with E-state index < -0.39 is 0 Å². The average molecular weight is 970 g/mol. The van der Waals surface area contributed by atoms with Crippen LogP contribution in [0.5, 0.6) is 0 Å². The van der Waals surface area contributed by atoms with Crippen LogP contribution < -0.4 is 31.1 Å². The van der Waals surface area contributed by atoms with Crippen molar-refractivity contribution in [1.29, 1.82) is 0 Å². The number of hydrogen-bond acceptors (Lipinski definition) is 4. The maximum Gasteiger partial charge on any atom is 0.252 e. The molecule has 3 heterocycles. The molecule has 0 N–H and O–H groups in total. The van der Waals surface area contributed by atoms with E-state index in [1.54, 1.807) is 0 Å². The third-order valence-electron chi connectivity index (χ3n) is 17.9. The molecular formula is C68H68BN3S. The molecule has 73 heavy (non-hydrogen) atoms. The second kappa shape index (κ2) is 16.0. The van der Waals surface area contributed by atoms with Crippen LogP contribution in [0.15, 0.2) is 164 Å². The van der Waals surface area contributed by atoms with E-state index in [1.807, 2.05) is 11.3 Å². The van der Waals surface area contributed by atoms with Gasteiger partial charge in [-0.25, -0.2) is 0 Å². The highest BCUT2D eigenvalue weighted by molar-refractivity contribution is 7.26. The Morgan fingerprint density at radius 2 is 0.986 bits per heavy atom. The number of nitrogens with zero attached hydrogens (tertiary/aromatic N) is 3. The van der Waals surface area contributed by atoms with Gasteiger partial charge in [0, 0.05) is 65.7 Å². The summed E-state index contributed by atoms with van der Waals surface area (Å²) in [6.07, 6.45) is 4.68. The maximum atomic E-state index is 2.72. The molecule has 0 saturated carbocycles. The Morgan fingerprint density at radius 3 is 1.63 bits per heavy atom. The van der Waals surface area contributed by atoms with Crippen LogP contribution in [0.25, 0.3) is 20.2 Å². The standard InChI is InChI=1S/C68H68BN3S/c1-64(2,3)43-37-58-63-59(38-43)72(55-26-20-28-61-62(55)48-25-18-19-27-60(48)73-61)56-40-47(70(44-21-14-12-15-22-44)45-23-16-13-17-24-45)30-32-53(56)69(63)54-41-51-52(68(10,11)36-35-67(51,8)9)42-57(54)71(58)46-29-31-49-50(39-46)66(6,7)34-33-65(49,4)5/h12-32,37-42H,33-36H2,1-11H3. The second-order valence-corrected chi connectivity index (χ2v) is 26.6. The third kappa shape index (κ3) is 7.11. The van der Waals surface area contributed by atoms with Crippen molar-refractivity contribution in [1.82, 2.24) is 0 Å². The van der Waals surface area contributed by atoms with Crippen LogP contribution in [0.1, 0.15) is 130 Å². The lowest BCUT2D eigenvalue weighted by Crippen LogP contribution is -2.62. The molecule has 0 amide bonds. The molecule has 3 nitrogen and oxygen atoms in total. The molecule has 5 heteroatoms. The summed E-state index contributed by atoms with van der Waals surface area (Å²) in [7, 11) is 0. The molecule has 4 aliphatic rings. The quantitative estimate of drug-likeness (QED) is 0.159. The van der Waals surface area contributed by atoms with E-state index in [1.165, 1.54) is 111 Å². The molecular weight excluding hydrogens is 902 g/mol. The molecule has 0 atom stereocenters. The summed E-state index contributed by atoms with van der Waals surface area (Å²) in [5, 5.41) is 2.61. The molecule has 0 saturated heterocycles. The molecule has 364 valence electrons. The zero-order chi connectivity index (χ0) is 50.6. The van der Waals surface area contributed by atoms with Crippen LogP contribution in [0.4, 0.5) is 51.2 Å². The molecule has 0 fully saturated rings. The number of benzene rings is 8. The van der Waals surface area contributed by atoms with Crippen molar-refractivity contribution in [2.75, 3.05) is 14.7 Å². The molecule has 8 aromatic carbocycles. The van der Waals surface area contributed by atoms with Crippen LogP contribution in [-0.2, 0) is 27.1 Å². The Balaban J connectivity index is 1.18. The zero-order valence-corrected chi connectivity index (χ0v) is 45.6. The minimum atomic E-state index is -0.150. The number of hydrogen-bond donors (Lipinski definition) is 0. The third-order valence-corrected chi connectivity index (χ3v) is 19.0. The first kappa shape index (κ1) is 46.2. The zero-order valence-electron chi connectivity index (χ0n) is 44.7. The van der Waals surface area contributed by atoms with Crippen LogP contribution in [0.2, 0.25) is 0 Å². The van der Waals surface area contributed by atoms with E-state index >= 15 is 0 Å². The highest BCUT2D eigenvalue weighted by Crippen LogP contribution is 2.54. The van der Waals surface area contributed by atoms with Gasteiger partial charge in [0.25, 0.3) is 6.71 Å². The minimum absolute atomic E-state index is 0.0231. The van der Waals surface area contributed by atoms with Crippen LogP contribution in [0.3, 0.4) is 0 Å². The van der Waals surface area contributed by atoms with Crippen molar-refractivity contribution in [2.45, 2.75) is 129 Å². The number of para-hydroxylation sites is 2. The molecule has 0 bridgehead atoms. The molecule has 1 aromatic heterocycles. The first-order valence-electron chi connectivity index (χ1n) is 26.9. The van der Waals surface area contributed by atoms with Gasteiger partial charge in [0.2, 0.25) is 0 Å². The van der Waals surface area contributed by atoms with Gasteiger partial charge in [-0.15, -0.1) is 11.3 Å². The van der Waals surface area contributed by atoms with E-state index in [0.29, 0.717) is 0 Å². The van der Waals surface area contributed by atoms with E-state index in [0.717, 1.165) is 29.9 Å². The highest BCUT2D eigenvalue weighted by Gasteiger charge is 2.48. The molecule has 9 aromatic rings. The number of rotatable bonds is 5. The van der Waals surface area contributed by atoms with Crippen molar-refractivity contribution >= 4 is 106 Å². The Morgan fingerprint density at radius 1 is 0.438 bits per heavy atom. The van der Waals surface area contributed by atoms with E-state index in [-0.39, 0.29) is 33.8 Å². The first-order chi connectivity index (χ1) is 34.8. The summed E-state index contributed by atoms with van der Waals surface area (Å²) in [6.45, 7) is 27.0.